The average molecular weight is 231 g/mol. The molecule has 0 aromatic heterocycles. The third-order valence-electron chi connectivity index (χ3n) is 1.76. The van der Waals surface area contributed by atoms with Gasteiger partial charge in [-0.2, -0.15) is 0 Å². The van der Waals surface area contributed by atoms with E-state index in [9.17, 15) is 14.0 Å². The van der Waals surface area contributed by atoms with Crippen molar-refractivity contribution >= 4 is 23.4 Å². The molecule has 3 nitrogen and oxygen atoms in total. The first-order valence-corrected chi connectivity index (χ1v) is 4.47. The molecule has 0 aliphatic carbocycles. The number of Topliss-reactive ketones (excluding diaryl/α,β-unsaturated/α-hetero) is 1. The van der Waals surface area contributed by atoms with Crippen LogP contribution in [0.25, 0.3) is 0 Å². The van der Waals surface area contributed by atoms with Crippen LogP contribution in [-0.4, -0.2) is 18.9 Å². The van der Waals surface area contributed by atoms with E-state index < -0.39 is 24.0 Å². The van der Waals surface area contributed by atoms with Gasteiger partial charge in [-0.1, -0.05) is 11.6 Å². The molecule has 0 saturated carbocycles. The Morgan fingerprint density at radius 1 is 1.47 bits per heavy atom. The van der Waals surface area contributed by atoms with Crippen molar-refractivity contribution in [1.82, 2.24) is 0 Å². The van der Waals surface area contributed by atoms with Gasteiger partial charge >= 0.3 is 5.97 Å². The molecule has 0 aliphatic heterocycles. The summed E-state index contributed by atoms with van der Waals surface area (Å²) in [6, 6.07) is 3.40. The van der Waals surface area contributed by atoms with Gasteiger partial charge in [0.25, 0.3) is 0 Å². The van der Waals surface area contributed by atoms with E-state index in [1.165, 1.54) is 13.2 Å². The largest absolute Gasteiger partial charge is 0.469 e. The Hall–Kier alpha value is -1.42. The minimum atomic E-state index is -0.680. The normalized spacial score (nSPS) is 9.80. The second kappa shape index (κ2) is 4.89. The first-order valence-electron chi connectivity index (χ1n) is 4.09. The molecular formula is C10H8ClFO3. The maximum atomic E-state index is 12.8. The fourth-order valence-electron chi connectivity index (χ4n) is 1.01. The van der Waals surface area contributed by atoms with E-state index in [1.807, 2.05) is 0 Å². The standard InChI is InChI=1S/C10H8ClFO3/c1-15-10(14)5-9(13)7-4-6(12)2-3-8(7)11/h2-4H,5H2,1H3. The summed E-state index contributed by atoms with van der Waals surface area (Å²) in [7, 11) is 1.17. The number of halogens is 2. The highest BCUT2D eigenvalue weighted by Crippen LogP contribution is 2.18. The number of ether oxygens (including phenoxy) is 1. The van der Waals surface area contributed by atoms with Gasteiger partial charge in [-0.3, -0.25) is 9.59 Å². The molecule has 80 valence electrons. The number of ketones is 1. The third-order valence-corrected chi connectivity index (χ3v) is 2.09. The lowest BCUT2D eigenvalue weighted by molar-refractivity contribution is -0.139. The third kappa shape index (κ3) is 3.02. The predicted octanol–water partition coefficient (Wildman–Crippen LogP) is 2.22. The first kappa shape index (κ1) is 11.7. The molecule has 1 rings (SSSR count). The summed E-state index contributed by atoms with van der Waals surface area (Å²) in [6.45, 7) is 0. The molecule has 0 atom stereocenters. The minimum absolute atomic E-state index is 0.0120. The Balaban J connectivity index is 2.91. The molecule has 0 fully saturated rings. The lowest BCUT2D eigenvalue weighted by Crippen LogP contribution is -2.10. The minimum Gasteiger partial charge on any atom is -0.469 e. The quantitative estimate of drug-likeness (QED) is 0.454. The van der Waals surface area contributed by atoms with Crippen LogP contribution in [0.2, 0.25) is 5.02 Å². The van der Waals surface area contributed by atoms with Gasteiger partial charge < -0.3 is 4.74 Å². The number of hydrogen-bond acceptors (Lipinski definition) is 3. The highest BCUT2D eigenvalue weighted by atomic mass is 35.5. The molecule has 0 bridgehead atoms. The van der Waals surface area contributed by atoms with Gasteiger partial charge in [-0.15, -0.1) is 0 Å². The van der Waals surface area contributed by atoms with Crippen LogP contribution in [0.1, 0.15) is 16.8 Å². The SMILES string of the molecule is COC(=O)CC(=O)c1cc(F)ccc1Cl. The van der Waals surface area contributed by atoms with Gasteiger partial charge in [0, 0.05) is 5.56 Å². The molecule has 1 aromatic carbocycles. The highest BCUT2D eigenvalue weighted by Gasteiger charge is 2.15. The lowest BCUT2D eigenvalue weighted by atomic mass is 10.1. The number of carbonyl (C=O) groups is 2. The van der Waals surface area contributed by atoms with Crippen molar-refractivity contribution in [2.24, 2.45) is 0 Å². The number of carbonyl (C=O) groups excluding carboxylic acids is 2. The number of methoxy groups -OCH3 is 1. The van der Waals surface area contributed by atoms with E-state index in [0.717, 1.165) is 12.1 Å². The van der Waals surface area contributed by atoms with E-state index in [-0.39, 0.29) is 10.6 Å². The van der Waals surface area contributed by atoms with E-state index >= 15 is 0 Å². The molecule has 15 heavy (non-hydrogen) atoms. The van der Waals surface area contributed by atoms with Crippen LogP contribution in [0.5, 0.6) is 0 Å². The number of benzene rings is 1. The monoisotopic (exact) mass is 230 g/mol. The molecule has 0 amide bonds. The van der Waals surface area contributed by atoms with Crippen LogP contribution in [0.15, 0.2) is 18.2 Å². The topological polar surface area (TPSA) is 43.4 Å². The van der Waals surface area contributed by atoms with E-state index in [2.05, 4.69) is 4.74 Å². The average Bonchev–Trinajstić information content (AvgIpc) is 2.21. The predicted molar refractivity (Wildman–Crippen MR) is 52.4 cm³/mol. The molecule has 0 spiro atoms. The van der Waals surface area contributed by atoms with Gasteiger partial charge in [-0.05, 0) is 18.2 Å². The fourth-order valence-corrected chi connectivity index (χ4v) is 1.23. The van der Waals surface area contributed by atoms with Gasteiger partial charge in [0.05, 0.1) is 12.1 Å². The van der Waals surface area contributed by atoms with E-state index in [4.69, 9.17) is 11.6 Å². The molecule has 0 unspecified atom stereocenters. The zero-order valence-corrected chi connectivity index (χ0v) is 8.68. The van der Waals surface area contributed by atoms with Crippen molar-refractivity contribution < 1.29 is 18.7 Å². The summed E-state index contributed by atoms with van der Waals surface area (Å²) in [5, 5.41) is 0.116. The summed E-state index contributed by atoms with van der Waals surface area (Å²) < 4.78 is 17.1. The summed E-state index contributed by atoms with van der Waals surface area (Å²) in [4.78, 5) is 22.2. The van der Waals surface area contributed by atoms with Crippen molar-refractivity contribution in [2.45, 2.75) is 6.42 Å². The fraction of sp³-hybridized carbons (Fsp3) is 0.200. The van der Waals surface area contributed by atoms with Crippen molar-refractivity contribution in [3.05, 3.63) is 34.6 Å². The van der Waals surface area contributed by atoms with Crippen molar-refractivity contribution in [1.29, 1.82) is 0 Å². The second-order valence-corrected chi connectivity index (χ2v) is 3.21. The Labute approximate surface area is 90.8 Å². The maximum absolute atomic E-state index is 12.8. The molecule has 0 N–H and O–H groups in total. The van der Waals surface area contributed by atoms with Gasteiger partial charge in [0.15, 0.2) is 5.78 Å². The maximum Gasteiger partial charge on any atom is 0.313 e. The second-order valence-electron chi connectivity index (χ2n) is 2.80. The number of rotatable bonds is 3. The van der Waals surface area contributed by atoms with Crippen LogP contribution in [0.4, 0.5) is 4.39 Å². The van der Waals surface area contributed by atoms with E-state index in [1.54, 1.807) is 0 Å². The Morgan fingerprint density at radius 2 is 2.13 bits per heavy atom. The van der Waals surface area contributed by atoms with Gasteiger partial charge in [-0.25, -0.2) is 4.39 Å². The smallest absolute Gasteiger partial charge is 0.313 e. The number of hydrogen-bond donors (Lipinski definition) is 0. The Bertz CT molecular complexity index is 404. The van der Waals surface area contributed by atoms with Crippen molar-refractivity contribution in [3.63, 3.8) is 0 Å². The number of esters is 1. The van der Waals surface area contributed by atoms with E-state index in [0.29, 0.717) is 0 Å². The molecule has 0 heterocycles. The molecule has 5 heteroatoms. The summed E-state index contributed by atoms with van der Waals surface area (Å²) in [5.41, 5.74) is -0.0120. The van der Waals surface area contributed by atoms with Crippen molar-refractivity contribution in [3.8, 4) is 0 Å². The molecule has 0 aliphatic rings. The molecular weight excluding hydrogens is 223 g/mol. The van der Waals surface area contributed by atoms with Crippen LogP contribution in [0.3, 0.4) is 0 Å². The summed E-state index contributed by atoms with van der Waals surface area (Å²) >= 11 is 5.68. The Kier molecular flexibility index (Phi) is 3.80. The Morgan fingerprint density at radius 3 is 2.73 bits per heavy atom. The zero-order valence-electron chi connectivity index (χ0n) is 7.92. The van der Waals surface area contributed by atoms with Crippen LogP contribution < -0.4 is 0 Å². The lowest BCUT2D eigenvalue weighted by Gasteiger charge is -2.02. The van der Waals surface area contributed by atoms with Crippen LogP contribution >= 0.6 is 11.6 Å². The summed E-state index contributed by atoms with van der Waals surface area (Å²) in [6.07, 6.45) is -0.445. The van der Waals surface area contributed by atoms with Crippen LogP contribution in [-0.2, 0) is 9.53 Å². The van der Waals surface area contributed by atoms with Gasteiger partial charge in [0.1, 0.15) is 12.2 Å². The highest BCUT2D eigenvalue weighted by molar-refractivity contribution is 6.34. The first-order chi connectivity index (χ1) is 7.04. The van der Waals surface area contributed by atoms with Crippen LogP contribution in [0, 0.1) is 5.82 Å². The molecule has 0 saturated heterocycles. The van der Waals surface area contributed by atoms with Crippen molar-refractivity contribution in [2.75, 3.05) is 7.11 Å². The molecule has 0 radical (unpaired) electrons. The summed E-state index contributed by atoms with van der Waals surface area (Å²) in [5.74, 6) is -1.82. The van der Waals surface area contributed by atoms with Gasteiger partial charge in [0.2, 0.25) is 0 Å². The zero-order chi connectivity index (χ0) is 11.4. The molecule has 1 aromatic rings.